The summed E-state index contributed by atoms with van der Waals surface area (Å²) < 4.78 is 0. The van der Waals surface area contributed by atoms with E-state index in [0.717, 1.165) is 0 Å². The van der Waals surface area contributed by atoms with Crippen LogP contribution in [0.1, 0.15) is 39.5 Å². The predicted molar refractivity (Wildman–Crippen MR) is 41.4 cm³/mol. The van der Waals surface area contributed by atoms with Gasteiger partial charge in [0.05, 0.1) is 0 Å². The lowest BCUT2D eigenvalue weighted by Crippen LogP contribution is -2.27. The first-order valence-electron chi connectivity index (χ1n) is 3.87. The molecule has 0 saturated heterocycles. The molecular formula is C9H16. The second-order valence-electron chi connectivity index (χ2n) is 3.41. The zero-order valence-corrected chi connectivity index (χ0v) is 6.54. The van der Waals surface area contributed by atoms with Gasteiger partial charge in [0, 0.05) is 0 Å². The van der Waals surface area contributed by atoms with Gasteiger partial charge in [-0.3, -0.25) is 0 Å². The van der Waals surface area contributed by atoms with Gasteiger partial charge in [0.1, 0.15) is 0 Å². The molecule has 0 aromatic rings. The van der Waals surface area contributed by atoms with Crippen molar-refractivity contribution < 1.29 is 0 Å². The van der Waals surface area contributed by atoms with Gasteiger partial charge in [-0.2, -0.15) is 0 Å². The highest BCUT2D eigenvalue weighted by Crippen LogP contribution is 2.47. The monoisotopic (exact) mass is 124 g/mol. The van der Waals surface area contributed by atoms with Crippen LogP contribution in [0.25, 0.3) is 0 Å². The maximum Gasteiger partial charge on any atom is -0.0116 e. The van der Waals surface area contributed by atoms with E-state index in [1.54, 1.807) is 0 Å². The standard InChI is InChI=1S/C9H16/c1-4-6-9(3)7-5-8(9)2/h2,4-7H2,1,3H3. The SMILES string of the molecule is C=C1CCC1(C)CCC. The van der Waals surface area contributed by atoms with E-state index < -0.39 is 0 Å². The smallest absolute Gasteiger partial charge is 0.0116 e. The van der Waals surface area contributed by atoms with Gasteiger partial charge < -0.3 is 0 Å². The first-order valence-corrected chi connectivity index (χ1v) is 3.87. The minimum atomic E-state index is 0.536. The molecule has 1 fully saturated rings. The summed E-state index contributed by atoms with van der Waals surface area (Å²) in [5.74, 6) is 0. The highest BCUT2D eigenvalue weighted by molar-refractivity contribution is 5.17. The van der Waals surface area contributed by atoms with Crippen molar-refractivity contribution >= 4 is 0 Å². The van der Waals surface area contributed by atoms with E-state index in [9.17, 15) is 0 Å². The average molecular weight is 124 g/mol. The molecule has 0 heterocycles. The quantitative estimate of drug-likeness (QED) is 0.496. The van der Waals surface area contributed by atoms with E-state index in [1.165, 1.54) is 31.3 Å². The maximum absolute atomic E-state index is 4.03. The predicted octanol–water partition coefficient (Wildman–Crippen LogP) is 3.14. The third-order valence-corrected chi connectivity index (χ3v) is 2.63. The Kier molecular flexibility index (Phi) is 1.65. The Balaban J connectivity index is 2.43. The molecule has 0 amide bonds. The Morgan fingerprint density at radius 2 is 2.33 bits per heavy atom. The van der Waals surface area contributed by atoms with Crippen molar-refractivity contribution in [2.75, 3.05) is 0 Å². The fourth-order valence-electron chi connectivity index (χ4n) is 1.58. The number of hydrogen-bond acceptors (Lipinski definition) is 0. The molecule has 0 radical (unpaired) electrons. The van der Waals surface area contributed by atoms with Crippen molar-refractivity contribution in [1.29, 1.82) is 0 Å². The van der Waals surface area contributed by atoms with E-state index in [1.807, 2.05) is 0 Å². The van der Waals surface area contributed by atoms with Crippen LogP contribution in [0.15, 0.2) is 12.2 Å². The molecule has 0 bridgehead atoms. The number of allylic oxidation sites excluding steroid dienone is 1. The molecule has 0 nitrogen and oxygen atoms in total. The first kappa shape index (κ1) is 6.85. The fourth-order valence-corrected chi connectivity index (χ4v) is 1.58. The molecule has 1 rings (SSSR count). The molecule has 1 saturated carbocycles. The molecule has 1 aliphatic carbocycles. The first-order chi connectivity index (χ1) is 4.19. The van der Waals surface area contributed by atoms with E-state index >= 15 is 0 Å². The second kappa shape index (κ2) is 2.17. The maximum atomic E-state index is 4.03. The van der Waals surface area contributed by atoms with Gasteiger partial charge in [-0.1, -0.05) is 32.4 Å². The Morgan fingerprint density at radius 1 is 1.67 bits per heavy atom. The Hall–Kier alpha value is -0.260. The van der Waals surface area contributed by atoms with Crippen molar-refractivity contribution in [2.45, 2.75) is 39.5 Å². The number of rotatable bonds is 2. The summed E-state index contributed by atoms with van der Waals surface area (Å²) in [6.07, 6.45) is 5.29. The van der Waals surface area contributed by atoms with E-state index in [4.69, 9.17) is 0 Å². The van der Waals surface area contributed by atoms with Crippen LogP contribution >= 0.6 is 0 Å². The molecule has 0 aromatic heterocycles. The molecule has 1 unspecified atom stereocenters. The molecule has 0 heteroatoms. The van der Waals surface area contributed by atoms with E-state index in [-0.39, 0.29) is 0 Å². The van der Waals surface area contributed by atoms with Crippen molar-refractivity contribution in [3.05, 3.63) is 12.2 Å². The van der Waals surface area contributed by atoms with E-state index in [2.05, 4.69) is 20.4 Å². The lowest BCUT2D eigenvalue weighted by molar-refractivity contribution is 0.248. The van der Waals surface area contributed by atoms with Crippen LogP contribution in [0.5, 0.6) is 0 Å². The Labute approximate surface area is 58.0 Å². The second-order valence-corrected chi connectivity index (χ2v) is 3.41. The third kappa shape index (κ3) is 1.03. The molecule has 9 heavy (non-hydrogen) atoms. The van der Waals surface area contributed by atoms with Gasteiger partial charge in [0.2, 0.25) is 0 Å². The zero-order chi connectivity index (χ0) is 6.91. The lowest BCUT2D eigenvalue weighted by Gasteiger charge is -2.41. The highest BCUT2D eigenvalue weighted by Gasteiger charge is 2.34. The van der Waals surface area contributed by atoms with Crippen LogP contribution in [0.3, 0.4) is 0 Å². The molecule has 1 aliphatic rings. The van der Waals surface area contributed by atoms with Crippen LogP contribution in [0.2, 0.25) is 0 Å². The van der Waals surface area contributed by atoms with Gasteiger partial charge in [-0.05, 0) is 24.7 Å². The van der Waals surface area contributed by atoms with Crippen molar-refractivity contribution in [3.8, 4) is 0 Å². The van der Waals surface area contributed by atoms with Crippen LogP contribution in [0, 0.1) is 5.41 Å². The van der Waals surface area contributed by atoms with Gasteiger partial charge >= 0.3 is 0 Å². The third-order valence-electron chi connectivity index (χ3n) is 2.63. The summed E-state index contributed by atoms with van der Waals surface area (Å²) in [6, 6.07) is 0. The van der Waals surface area contributed by atoms with Crippen LogP contribution in [-0.4, -0.2) is 0 Å². The lowest BCUT2D eigenvalue weighted by atomic mass is 9.64. The van der Waals surface area contributed by atoms with Gasteiger partial charge in [0.25, 0.3) is 0 Å². The minimum Gasteiger partial charge on any atom is -0.0993 e. The molecule has 1 atom stereocenters. The average Bonchev–Trinajstić information content (AvgIpc) is 1.86. The molecule has 0 aromatic carbocycles. The summed E-state index contributed by atoms with van der Waals surface area (Å²) >= 11 is 0. The summed E-state index contributed by atoms with van der Waals surface area (Å²) in [6.45, 7) is 8.61. The Bertz CT molecular complexity index is 124. The van der Waals surface area contributed by atoms with Crippen LogP contribution in [-0.2, 0) is 0 Å². The van der Waals surface area contributed by atoms with Crippen LogP contribution < -0.4 is 0 Å². The normalized spacial score (nSPS) is 34.2. The summed E-state index contributed by atoms with van der Waals surface area (Å²) in [4.78, 5) is 0. The topological polar surface area (TPSA) is 0 Å². The molecule has 0 N–H and O–H groups in total. The minimum absolute atomic E-state index is 0.536. The van der Waals surface area contributed by atoms with Crippen molar-refractivity contribution in [2.24, 2.45) is 5.41 Å². The fraction of sp³-hybridized carbons (Fsp3) is 0.778. The van der Waals surface area contributed by atoms with Gasteiger partial charge in [-0.15, -0.1) is 0 Å². The summed E-state index contributed by atoms with van der Waals surface area (Å²) in [5, 5.41) is 0. The summed E-state index contributed by atoms with van der Waals surface area (Å²) in [5.41, 5.74) is 2.01. The zero-order valence-electron chi connectivity index (χ0n) is 6.54. The van der Waals surface area contributed by atoms with Gasteiger partial charge in [0.15, 0.2) is 0 Å². The largest absolute Gasteiger partial charge is 0.0993 e. The highest BCUT2D eigenvalue weighted by atomic mass is 14.4. The van der Waals surface area contributed by atoms with Crippen molar-refractivity contribution in [3.63, 3.8) is 0 Å². The molecular weight excluding hydrogens is 108 g/mol. The Morgan fingerprint density at radius 3 is 2.44 bits per heavy atom. The molecule has 52 valence electrons. The summed E-state index contributed by atoms with van der Waals surface area (Å²) in [7, 11) is 0. The van der Waals surface area contributed by atoms with Gasteiger partial charge in [-0.25, -0.2) is 0 Å². The number of hydrogen-bond donors (Lipinski definition) is 0. The molecule has 0 spiro atoms. The van der Waals surface area contributed by atoms with Crippen LogP contribution in [0.4, 0.5) is 0 Å². The van der Waals surface area contributed by atoms with Crippen molar-refractivity contribution in [1.82, 2.24) is 0 Å². The van der Waals surface area contributed by atoms with E-state index in [0.29, 0.717) is 5.41 Å². The molecule has 0 aliphatic heterocycles.